The molecule has 136 valence electrons. The molecule has 1 N–H and O–H groups in total. The highest BCUT2D eigenvalue weighted by Crippen LogP contribution is 2.41. The normalized spacial score (nSPS) is 19.4. The molecule has 0 saturated carbocycles. The van der Waals surface area contributed by atoms with Crippen LogP contribution in [0, 0.1) is 6.92 Å². The molecule has 1 aliphatic rings. The number of para-hydroxylation sites is 1. The number of fused-ring (bicyclic) bond motifs is 2. The van der Waals surface area contributed by atoms with E-state index in [4.69, 9.17) is 9.40 Å². The van der Waals surface area contributed by atoms with E-state index >= 15 is 0 Å². The van der Waals surface area contributed by atoms with Crippen LogP contribution in [0.25, 0.3) is 10.2 Å². The van der Waals surface area contributed by atoms with Gasteiger partial charge < -0.3 is 14.3 Å². The fourth-order valence-corrected chi connectivity index (χ4v) is 4.76. The fourth-order valence-electron chi connectivity index (χ4n) is 3.67. The third-order valence-electron chi connectivity index (χ3n) is 4.97. The van der Waals surface area contributed by atoms with Gasteiger partial charge in [0.1, 0.15) is 11.0 Å². The molecule has 0 spiro atoms. The number of hydrogen-bond acceptors (Lipinski definition) is 6. The van der Waals surface area contributed by atoms with E-state index in [1.807, 2.05) is 29.2 Å². The van der Waals surface area contributed by atoms with Crippen molar-refractivity contribution in [2.45, 2.75) is 25.8 Å². The van der Waals surface area contributed by atoms with E-state index in [1.165, 1.54) is 6.39 Å². The number of nitrogens with one attached hydrogen (secondary N) is 1. The SMILES string of the molecule is Cc1ncoc1C(=O)N1C[C@H](C)c2nc[nH]c2[C@H]1c1nc2ccccc2s1. The van der Waals surface area contributed by atoms with Gasteiger partial charge >= 0.3 is 0 Å². The molecule has 0 unspecified atom stereocenters. The van der Waals surface area contributed by atoms with Crippen LogP contribution < -0.4 is 0 Å². The first-order valence-electron chi connectivity index (χ1n) is 8.73. The Hall–Kier alpha value is -3.00. The van der Waals surface area contributed by atoms with Gasteiger partial charge in [0.2, 0.25) is 5.76 Å². The highest BCUT2D eigenvalue weighted by atomic mass is 32.1. The van der Waals surface area contributed by atoms with Crippen molar-refractivity contribution in [2.24, 2.45) is 0 Å². The number of benzene rings is 1. The number of aryl methyl sites for hydroxylation is 1. The van der Waals surface area contributed by atoms with Gasteiger partial charge in [-0.3, -0.25) is 4.79 Å². The van der Waals surface area contributed by atoms with Crippen LogP contribution in [0.2, 0.25) is 0 Å². The second kappa shape index (κ2) is 6.02. The monoisotopic (exact) mass is 379 g/mol. The number of hydrogen-bond donors (Lipinski definition) is 1. The molecule has 0 aliphatic carbocycles. The van der Waals surface area contributed by atoms with Crippen molar-refractivity contribution < 1.29 is 9.21 Å². The van der Waals surface area contributed by atoms with Gasteiger partial charge in [-0.25, -0.2) is 15.0 Å². The molecule has 1 amide bonds. The Kier molecular flexibility index (Phi) is 3.61. The van der Waals surface area contributed by atoms with Gasteiger partial charge in [0.05, 0.1) is 33.6 Å². The summed E-state index contributed by atoms with van der Waals surface area (Å²) in [6.45, 7) is 4.39. The van der Waals surface area contributed by atoms with Crippen molar-refractivity contribution in [1.82, 2.24) is 24.8 Å². The summed E-state index contributed by atoms with van der Waals surface area (Å²) in [6, 6.07) is 7.67. The first kappa shape index (κ1) is 16.2. The Morgan fingerprint density at radius 2 is 2.19 bits per heavy atom. The van der Waals surface area contributed by atoms with Crippen LogP contribution in [0.3, 0.4) is 0 Å². The Morgan fingerprint density at radius 3 is 2.96 bits per heavy atom. The quantitative estimate of drug-likeness (QED) is 0.574. The zero-order valence-corrected chi connectivity index (χ0v) is 15.7. The van der Waals surface area contributed by atoms with E-state index in [2.05, 4.69) is 21.9 Å². The largest absolute Gasteiger partial charge is 0.438 e. The maximum absolute atomic E-state index is 13.3. The van der Waals surface area contributed by atoms with E-state index in [0.717, 1.165) is 26.6 Å². The molecule has 0 fully saturated rings. The lowest BCUT2D eigenvalue weighted by Gasteiger charge is -2.36. The number of carbonyl (C=O) groups is 1. The maximum Gasteiger partial charge on any atom is 0.292 e. The molecule has 27 heavy (non-hydrogen) atoms. The third-order valence-corrected chi connectivity index (χ3v) is 6.06. The molecule has 0 bridgehead atoms. The van der Waals surface area contributed by atoms with E-state index in [-0.39, 0.29) is 23.6 Å². The van der Waals surface area contributed by atoms with Crippen molar-refractivity contribution in [3.63, 3.8) is 0 Å². The van der Waals surface area contributed by atoms with Crippen molar-refractivity contribution in [1.29, 1.82) is 0 Å². The summed E-state index contributed by atoms with van der Waals surface area (Å²) < 4.78 is 6.47. The standard InChI is InChI=1S/C19H17N5O2S/c1-10-7-24(19(25)17-11(2)22-9-26-17)16(15-14(10)20-8-21-15)18-23-12-5-3-4-6-13(12)27-18/h3-6,8-10,16H,7H2,1-2H3,(H,20,21)/t10-,16-/m0/s1. The molecule has 0 saturated heterocycles. The third kappa shape index (κ3) is 2.48. The number of nitrogens with zero attached hydrogens (tertiary/aromatic N) is 4. The number of thiazole rings is 1. The minimum Gasteiger partial charge on any atom is -0.438 e. The smallest absolute Gasteiger partial charge is 0.292 e. The van der Waals surface area contributed by atoms with Crippen LogP contribution in [0.5, 0.6) is 0 Å². The molecule has 7 nitrogen and oxygen atoms in total. The summed E-state index contributed by atoms with van der Waals surface area (Å²) in [5.74, 6) is 0.210. The second-order valence-corrected chi connectivity index (χ2v) is 7.81. The van der Waals surface area contributed by atoms with Crippen LogP contribution in [-0.2, 0) is 0 Å². The summed E-state index contributed by atoms with van der Waals surface area (Å²) in [4.78, 5) is 31.7. The van der Waals surface area contributed by atoms with Crippen molar-refractivity contribution >= 4 is 27.5 Å². The Morgan fingerprint density at radius 1 is 1.33 bits per heavy atom. The van der Waals surface area contributed by atoms with E-state index in [0.29, 0.717) is 12.2 Å². The van der Waals surface area contributed by atoms with Gasteiger partial charge in [-0.15, -0.1) is 11.3 Å². The van der Waals surface area contributed by atoms with Gasteiger partial charge in [0, 0.05) is 12.5 Å². The number of carbonyl (C=O) groups excluding carboxylic acids is 1. The molecule has 3 aromatic heterocycles. The van der Waals surface area contributed by atoms with Crippen LogP contribution in [-0.4, -0.2) is 37.3 Å². The van der Waals surface area contributed by atoms with Crippen LogP contribution in [0.4, 0.5) is 0 Å². The predicted octanol–water partition coefficient (Wildman–Crippen LogP) is 3.66. The Bertz CT molecular complexity index is 1110. The maximum atomic E-state index is 13.3. The van der Waals surface area contributed by atoms with Gasteiger partial charge in [-0.2, -0.15) is 0 Å². The number of aromatic nitrogens is 4. The Labute approximate surface area is 159 Å². The molecular formula is C19H17N5O2S. The molecular weight excluding hydrogens is 362 g/mol. The molecule has 4 heterocycles. The zero-order valence-electron chi connectivity index (χ0n) is 14.8. The molecule has 1 aromatic carbocycles. The number of H-pyrrole nitrogens is 1. The van der Waals surface area contributed by atoms with Gasteiger partial charge in [0.15, 0.2) is 6.39 Å². The van der Waals surface area contributed by atoms with Gasteiger partial charge in [0.25, 0.3) is 5.91 Å². The van der Waals surface area contributed by atoms with Crippen molar-refractivity contribution in [3.8, 4) is 0 Å². The second-order valence-electron chi connectivity index (χ2n) is 6.75. The lowest BCUT2D eigenvalue weighted by molar-refractivity contribution is 0.0639. The molecule has 5 rings (SSSR count). The number of amides is 1. The topological polar surface area (TPSA) is 87.9 Å². The highest BCUT2D eigenvalue weighted by Gasteiger charge is 2.40. The zero-order chi connectivity index (χ0) is 18.5. The summed E-state index contributed by atoms with van der Waals surface area (Å²) >= 11 is 1.60. The summed E-state index contributed by atoms with van der Waals surface area (Å²) in [5.41, 5.74) is 3.42. The number of oxazole rings is 1. The average molecular weight is 379 g/mol. The van der Waals surface area contributed by atoms with Gasteiger partial charge in [-0.1, -0.05) is 19.1 Å². The lowest BCUT2D eigenvalue weighted by Crippen LogP contribution is -2.42. The minimum atomic E-state index is -0.326. The summed E-state index contributed by atoms with van der Waals surface area (Å²) in [6.07, 6.45) is 3.00. The van der Waals surface area contributed by atoms with Crippen LogP contribution in [0.1, 0.15) is 51.5 Å². The van der Waals surface area contributed by atoms with E-state index < -0.39 is 0 Å². The minimum absolute atomic E-state index is 0.115. The van der Waals surface area contributed by atoms with Gasteiger partial charge in [-0.05, 0) is 19.1 Å². The molecule has 1 aliphatic heterocycles. The first-order chi connectivity index (χ1) is 13.1. The van der Waals surface area contributed by atoms with Crippen LogP contribution >= 0.6 is 11.3 Å². The highest BCUT2D eigenvalue weighted by molar-refractivity contribution is 7.18. The summed E-state index contributed by atoms with van der Waals surface area (Å²) in [5, 5.41) is 0.860. The van der Waals surface area contributed by atoms with E-state index in [9.17, 15) is 4.79 Å². The molecule has 8 heteroatoms. The van der Waals surface area contributed by atoms with Crippen molar-refractivity contribution in [3.05, 3.63) is 64.8 Å². The number of rotatable bonds is 2. The molecule has 0 radical (unpaired) electrons. The molecule has 4 aromatic rings. The Balaban J connectivity index is 1.67. The van der Waals surface area contributed by atoms with E-state index in [1.54, 1.807) is 24.6 Å². The molecule has 2 atom stereocenters. The van der Waals surface area contributed by atoms with Crippen LogP contribution in [0.15, 0.2) is 41.4 Å². The first-order valence-corrected chi connectivity index (χ1v) is 9.55. The predicted molar refractivity (Wildman–Crippen MR) is 101 cm³/mol. The fraction of sp³-hybridized carbons (Fsp3) is 0.263. The average Bonchev–Trinajstić information content (AvgIpc) is 3.39. The summed E-state index contributed by atoms with van der Waals surface area (Å²) in [7, 11) is 0. The number of aromatic amines is 1. The number of imidazole rings is 1. The lowest BCUT2D eigenvalue weighted by atomic mass is 9.94. The van der Waals surface area contributed by atoms with Crippen molar-refractivity contribution in [2.75, 3.05) is 6.54 Å².